The molecule has 0 bridgehead atoms. The van der Waals surface area contributed by atoms with E-state index in [0.29, 0.717) is 0 Å². The molecule has 1 aromatic rings. The number of hydrogen-bond acceptors (Lipinski definition) is 3. The lowest BCUT2D eigenvalue weighted by molar-refractivity contribution is 0.280. The number of nitrogens with zero attached hydrogens (tertiary/aromatic N) is 2. The van der Waals surface area contributed by atoms with Crippen molar-refractivity contribution in [1.29, 1.82) is 0 Å². The first-order valence-corrected chi connectivity index (χ1v) is 6.33. The van der Waals surface area contributed by atoms with Crippen molar-refractivity contribution in [2.45, 2.75) is 6.61 Å². The Kier molecular flexibility index (Phi) is 3.84. The number of likely N-dealkylation sites (N-methyl/N-ethyl adjacent to an activating group) is 1. The molecule has 88 valence electrons. The molecule has 1 fully saturated rings. The maximum Gasteiger partial charge on any atom is 0.0702 e. The Morgan fingerprint density at radius 1 is 1.25 bits per heavy atom. The van der Waals surface area contributed by atoms with E-state index in [1.165, 1.54) is 0 Å². The molecular formula is C12H17BrN2O. The van der Waals surface area contributed by atoms with Gasteiger partial charge >= 0.3 is 0 Å². The Morgan fingerprint density at radius 2 is 1.94 bits per heavy atom. The average molecular weight is 285 g/mol. The molecule has 0 atom stereocenters. The monoisotopic (exact) mass is 284 g/mol. The number of hydrogen-bond donors (Lipinski definition) is 1. The Balaban J connectivity index is 2.21. The molecule has 0 aromatic heterocycles. The molecule has 4 heteroatoms. The maximum absolute atomic E-state index is 9.34. The van der Waals surface area contributed by atoms with Crippen LogP contribution < -0.4 is 4.90 Å². The molecule has 3 nitrogen and oxygen atoms in total. The quantitative estimate of drug-likeness (QED) is 0.896. The highest BCUT2D eigenvalue weighted by molar-refractivity contribution is 9.10. The van der Waals surface area contributed by atoms with Crippen LogP contribution in [0.15, 0.2) is 22.7 Å². The molecule has 2 rings (SSSR count). The van der Waals surface area contributed by atoms with Crippen molar-refractivity contribution in [2.75, 3.05) is 38.1 Å². The fourth-order valence-electron chi connectivity index (χ4n) is 2.01. The fraction of sp³-hybridized carbons (Fsp3) is 0.500. The third-order valence-corrected chi connectivity index (χ3v) is 3.55. The number of anilines is 1. The van der Waals surface area contributed by atoms with Crippen LogP contribution in [-0.4, -0.2) is 43.2 Å². The minimum absolute atomic E-state index is 0.106. The van der Waals surface area contributed by atoms with Crippen molar-refractivity contribution in [2.24, 2.45) is 0 Å². The van der Waals surface area contributed by atoms with E-state index in [-0.39, 0.29) is 6.61 Å². The molecule has 0 spiro atoms. The van der Waals surface area contributed by atoms with E-state index in [4.69, 9.17) is 0 Å². The predicted octanol–water partition coefficient (Wildman–Crippen LogP) is 1.69. The van der Waals surface area contributed by atoms with Crippen LogP contribution in [-0.2, 0) is 6.61 Å². The van der Waals surface area contributed by atoms with E-state index in [0.717, 1.165) is 41.9 Å². The highest BCUT2D eigenvalue weighted by Gasteiger charge is 2.16. The average Bonchev–Trinajstić information content (AvgIpc) is 2.30. The third-order valence-electron chi connectivity index (χ3n) is 3.06. The normalized spacial score (nSPS) is 17.8. The zero-order chi connectivity index (χ0) is 11.5. The summed E-state index contributed by atoms with van der Waals surface area (Å²) in [5.41, 5.74) is 2.16. The van der Waals surface area contributed by atoms with Crippen molar-refractivity contribution < 1.29 is 5.11 Å². The fourth-order valence-corrected chi connectivity index (χ4v) is 2.36. The van der Waals surface area contributed by atoms with Gasteiger partial charge in [-0.05, 0) is 19.2 Å². The predicted molar refractivity (Wildman–Crippen MR) is 69.8 cm³/mol. The van der Waals surface area contributed by atoms with Crippen LogP contribution in [0.2, 0.25) is 0 Å². The van der Waals surface area contributed by atoms with E-state index in [1.54, 1.807) is 0 Å². The summed E-state index contributed by atoms with van der Waals surface area (Å²) in [4.78, 5) is 4.67. The lowest BCUT2D eigenvalue weighted by Gasteiger charge is -2.35. The smallest absolute Gasteiger partial charge is 0.0702 e. The molecule has 1 aliphatic heterocycles. The first kappa shape index (κ1) is 11.9. The minimum atomic E-state index is 0.106. The van der Waals surface area contributed by atoms with Crippen molar-refractivity contribution in [3.63, 3.8) is 0 Å². The molecular weight excluding hydrogens is 268 g/mol. The van der Waals surface area contributed by atoms with E-state index >= 15 is 0 Å². The van der Waals surface area contributed by atoms with Gasteiger partial charge in [0.05, 0.1) is 6.61 Å². The first-order valence-electron chi connectivity index (χ1n) is 5.53. The Bertz CT molecular complexity index is 362. The van der Waals surface area contributed by atoms with Crippen LogP contribution in [0.5, 0.6) is 0 Å². The summed E-state index contributed by atoms with van der Waals surface area (Å²) >= 11 is 3.49. The number of aliphatic hydroxyl groups is 1. The van der Waals surface area contributed by atoms with Crippen molar-refractivity contribution in [3.05, 3.63) is 28.2 Å². The number of rotatable bonds is 2. The summed E-state index contributed by atoms with van der Waals surface area (Å²) in [5.74, 6) is 0. The van der Waals surface area contributed by atoms with Crippen LogP contribution >= 0.6 is 15.9 Å². The van der Waals surface area contributed by atoms with Gasteiger partial charge in [0, 0.05) is 41.9 Å². The SMILES string of the molecule is CN1CCN(c2cc(Br)ccc2CO)CC1. The van der Waals surface area contributed by atoms with E-state index in [9.17, 15) is 5.11 Å². The summed E-state index contributed by atoms with van der Waals surface area (Å²) in [6, 6.07) is 6.06. The van der Waals surface area contributed by atoms with E-state index in [2.05, 4.69) is 38.8 Å². The Hall–Kier alpha value is -0.580. The molecule has 16 heavy (non-hydrogen) atoms. The summed E-state index contributed by atoms with van der Waals surface area (Å²) in [6.45, 7) is 4.32. The molecule has 0 amide bonds. The molecule has 0 saturated carbocycles. The van der Waals surface area contributed by atoms with Gasteiger partial charge in [0.25, 0.3) is 0 Å². The molecule has 1 saturated heterocycles. The highest BCUT2D eigenvalue weighted by atomic mass is 79.9. The van der Waals surface area contributed by atoms with Gasteiger partial charge in [-0.2, -0.15) is 0 Å². The first-order chi connectivity index (χ1) is 7.70. The summed E-state index contributed by atoms with van der Waals surface area (Å²) < 4.78 is 1.07. The topological polar surface area (TPSA) is 26.7 Å². The van der Waals surface area contributed by atoms with Crippen LogP contribution in [0.25, 0.3) is 0 Å². The second-order valence-corrected chi connectivity index (χ2v) is 5.14. The zero-order valence-electron chi connectivity index (χ0n) is 9.49. The van der Waals surface area contributed by atoms with E-state index in [1.807, 2.05) is 12.1 Å². The summed E-state index contributed by atoms with van der Waals surface area (Å²) in [6.07, 6.45) is 0. The number of halogens is 1. The van der Waals surface area contributed by atoms with Gasteiger partial charge in [0.1, 0.15) is 0 Å². The largest absolute Gasteiger partial charge is 0.392 e. The number of piperazine rings is 1. The minimum Gasteiger partial charge on any atom is -0.392 e. The van der Waals surface area contributed by atoms with Crippen LogP contribution in [0.3, 0.4) is 0 Å². The van der Waals surface area contributed by atoms with E-state index < -0.39 is 0 Å². The molecule has 1 aromatic carbocycles. The standard InChI is InChI=1S/C12H17BrN2O/c1-14-4-6-15(7-5-14)12-8-11(13)3-2-10(12)9-16/h2-3,8,16H,4-7,9H2,1H3. The zero-order valence-corrected chi connectivity index (χ0v) is 11.1. The number of benzene rings is 1. The van der Waals surface area contributed by atoms with Gasteiger partial charge in [-0.3, -0.25) is 0 Å². The lowest BCUT2D eigenvalue weighted by atomic mass is 10.1. The Labute approximate surface area is 105 Å². The Morgan fingerprint density at radius 3 is 2.56 bits per heavy atom. The highest BCUT2D eigenvalue weighted by Crippen LogP contribution is 2.26. The van der Waals surface area contributed by atoms with Crippen molar-refractivity contribution >= 4 is 21.6 Å². The lowest BCUT2D eigenvalue weighted by Crippen LogP contribution is -2.44. The van der Waals surface area contributed by atoms with Gasteiger partial charge in [0.2, 0.25) is 0 Å². The number of aliphatic hydroxyl groups excluding tert-OH is 1. The van der Waals surface area contributed by atoms with Crippen LogP contribution in [0.1, 0.15) is 5.56 Å². The van der Waals surface area contributed by atoms with Gasteiger partial charge in [0.15, 0.2) is 0 Å². The van der Waals surface area contributed by atoms with Gasteiger partial charge < -0.3 is 14.9 Å². The second-order valence-electron chi connectivity index (χ2n) is 4.22. The van der Waals surface area contributed by atoms with Crippen molar-refractivity contribution in [3.8, 4) is 0 Å². The molecule has 0 unspecified atom stereocenters. The van der Waals surface area contributed by atoms with Gasteiger partial charge in [-0.1, -0.05) is 22.0 Å². The molecule has 1 aliphatic rings. The second kappa shape index (κ2) is 5.17. The van der Waals surface area contributed by atoms with Gasteiger partial charge in [-0.25, -0.2) is 0 Å². The molecule has 0 aliphatic carbocycles. The molecule has 1 N–H and O–H groups in total. The van der Waals surface area contributed by atoms with Crippen LogP contribution in [0.4, 0.5) is 5.69 Å². The van der Waals surface area contributed by atoms with Crippen molar-refractivity contribution in [1.82, 2.24) is 4.90 Å². The molecule has 1 heterocycles. The molecule has 0 radical (unpaired) electrons. The third kappa shape index (κ3) is 2.56. The van der Waals surface area contributed by atoms with Crippen LogP contribution in [0, 0.1) is 0 Å². The summed E-state index contributed by atoms with van der Waals surface area (Å²) in [5, 5.41) is 9.34. The van der Waals surface area contributed by atoms with Gasteiger partial charge in [-0.15, -0.1) is 0 Å². The maximum atomic E-state index is 9.34. The summed E-state index contributed by atoms with van der Waals surface area (Å²) in [7, 11) is 2.14.